The van der Waals surface area contributed by atoms with Crippen molar-refractivity contribution in [3.63, 3.8) is 0 Å². The molecule has 0 radical (unpaired) electrons. The first-order valence-corrected chi connectivity index (χ1v) is 11.1. The SMILES string of the molecule is Cc1cccn2c(=O)c(C=C3SC(=S)N(C(C)C)C3=O)c(N3CCCCC3)nc12. The van der Waals surface area contributed by atoms with E-state index in [1.54, 1.807) is 21.6 Å². The standard InChI is InChI=1S/C21H24N4O2S2/c1-13(2)25-20(27)16(29-21(25)28)12-15-18(23-9-5-4-6-10-23)22-17-14(3)8-7-11-24(17)19(15)26/h7-8,11-13H,4-6,9-10H2,1-3H3. The molecular formula is C21H24N4O2S2. The van der Waals surface area contributed by atoms with E-state index in [0.717, 1.165) is 31.5 Å². The molecule has 152 valence electrons. The summed E-state index contributed by atoms with van der Waals surface area (Å²) in [5, 5.41) is 0. The topological polar surface area (TPSA) is 57.9 Å². The van der Waals surface area contributed by atoms with Gasteiger partial charge in [0.05, 0.1) is 10.5 Å². The minimum absolute atomic E-state index is 0.0200. The van der Waals surface area contributed by atoms with Gasteiger partial charge < -0.3 is 4.90 Å². The second-order valence-corrected chi connectivity index (χ2v) is 9.41. The Bertz CT molecular complexity index is 1080. The number of piperidine rings is 1. The van der Waals surface area contributed by atoms with Crippen molar-refractivity contribution in [2.45, 2.75) is 46.1 Å². The molecule has 0 N–H and O–H groups in total. The number of carbonyl (C=O) groups excluding carboxylic acids is 1. The minimum Gasteiger partial charge on any atom is -0.356 e. The lowest BCUT2D eigenvalue weighted by Gasteiger charge is -2.29. The Balaban J connectivity index is 1.91. The van der Waals surface area contributed by atoms with Crippen LogP contribution >= 0.6 is 24.0 Å². The van der Waals surface area contributed by atoms with Crippen LogP contribution in [0.1, 0.15) is 44.2 Å². The highest BCUT2D eigenvalue weighted by Crippen LogP contribution is 2.35. The number of nitrogens with zero attached hydrogens (tertiary/aromatic N) is 4. The van der Waals surface area contributed by atoms with Gasteiger partial charge in [0.25, 0.3) is 11.5 Å². The number of hydrogen-bond donors (Lipinski definition) is 0. The number of thiocarbonyl (C=S) groups is 1. The van der Waals surface area contributed by atoms with Gasteiger partial charge in [0.2, 0.25) is 0 Å². The van der Waals surface area contributed by atoms with E-state index in [1.807, 2.05) is 32.9 Å². The molecule has 4 rings (SSSR count). The van der Waals surface area contributed by atoms with E-state index in [9.17, 15) is 9.59 Å². The van der Waals surface area contributed by atoms with Crippen molar-refractivity contribution in [3.8, 4) is 0 Å². The van der Waals surface area contributed by atoms with Crippen LogP contribution in [0, 0.1) is 6.92 Å². The third-order valence-corrected chi connectivity index (χ3v) is 6.67. The third-order valence-electron chi connectivity index (χ3n) is 5.34. The Hall–Kier alpha value is -2.19. The predicted octanol–water partition coefficient (Wildman–Crippen LogP) is 3.60. The summed E-state index contributed by atoms with van der Waals surface area (Å²) in [5.41, 5.74) is 1.90. The lowest BCUT2D eigenvalue weighted by atomic mass is 10.1. The van der Waals surface area contributed by atoms with Crippen LogP contribution in [0.5, 0.6) is 0 Å². The number of anilines is 1. The molecule has 2 fully saturated rings. The van der Waals surface area contributed by atoms with Crippen molar-refractivity contribution in [2.75, 3.05) is 18.0 Å². The molecule has 0 aromatic carbocycles. The molecule has 2 aromatic heterocycles. The fourth-order valence-corrected chi connectivity index (χ4v) is 5.34. The molecule has 2 aliphatic rings. The zero-order valence-electron chi connectivity index (χ0n) is 16.8. The van der Waals surface area contributed by atoms with E-state index in [1.165, 1.54) is 18.2 Å². The highest BCUT2D eigenvalue weighted by Gasteiger charge is 2.34. The van der Waals surface area contributed by atoms with Crippen molar-refractivity contribution in [2.24, 2.45) is 0 Å². The Labute approximate surface area is 179 Å². The van der Waals surface area contributed by atoms with Crippen LogP contribution in [0.25, 0.3) is 11.7 Å². The number of hydrogen-bond acceptors (Lipinski definition) is 6. The van der Waals surface area contributed by atoms with Gasteiger partial charge in [-0.25, -0.2) is 4.98 Å². The van der Waals surface area contributed by atoms with Crippen LogP contribution in [0.3, 0.4) is 0 Å². The first kappa shape index (κ1) is 20.1. The normalized spacial score (nSPS) is 19.2. The molecule has 2 aliphatic heterocycles. The summed E-state index contributed by atoms with van der Waals surface area (Å²) in [7, 11) is 0. The fourth-order valence-electron chi connectivity index (χ4n) is 3.83. The van der Waals surface area contributed by atoms with E-state index in [2.05, 4.69) is 4.90 Å². The van der Waals surface area contributed by atoms with Gasteiger partial charge in [0.15, 0.2) is 0 Å². The molecule has 0 saturated carbocycles. The zero-order chi connectivity index (χ0) is 20.7. The van der Waals surface area contributed by atoms with Gasteiger partial charge in [0, 0.05) is 25.3 Å². The van der Waals surface area contributed by atoms with Gasteiger partial charge in [-0.1, -0.05) is 30.0 Å². The predicted molar refractivity (Wildman–Crippen MR) is 122 cm³/mol. The first-order chi connectivity index (χ1) is 13.9. The number of aryl methyl sites for hydroxylation is 1. The largest absolute Gasteiger partial charge is 0.356 e. The molecule has 0 spiro atoms. The summed E-state index contributed by atoms with van der Waals surface area (Å²) in [4.78, 5) is 35.4. The summed E-state index contributed by atoms with van der Waals surface area (Å²) in [6.45, 7) is 7.55. The number of pyridine rings is 1. The van der Waals surface area contributed by atoms with Crippen LogP contribution in [0.2, 0.25) is 0 Å². The monoisotopic (exact) mass is 428 g/mol. The number of fused-ring (bicyclic) bond motifs is 1. The molecule has 29 heavy (non-hydrogen) atoms. The molecule has 1 amide bonds. The van der Waals surface area contributed by atoms with E-state index in [0.29, 0.717) is 26.3 Å². The lowest BCUT2D eigenvalue weighted by molar-refractivity contribution is -0.123. The Morgan fingerprint density at radius 2 is 1.93 bits per heavy atom. The summed E-state index contributed by atoms with van der Waals surface area (Å²) in [5.74, 6) is 0.521. The average Bonchev–Trinajstić information content (AvgIpc) is 2.98. The van der Waals surface area contributed by atoms with Crippen LogP contribution in [-0.2, 0) is 4.79 Å². The number of carbonyl (C=O) groups is 1. The molecule has 8 heteroatoms. The molecule has 0 unspecified atom stereocenters. The van der Waals surface area contributed by atoms with Gasteiger partial charge in [-0.3, -0.25) is 18.9 Å². The first-order valence-electron chi connectivity index (χ1n) is 9.92. The van der Waals surface area contributed by atoms with Gasteiger partial charge in [-0.15, -0.1) is 0 Å². The van der Waals surface area contributed by atoms with Crippen molar-refractivity contribution >= 4 is 51.7 Å². The minimum atomic E-state index is -0.158. The summed E-state index contributed by atoms with van der Waals surface area (Å²) < 4.78 is 2.10. The zero-order valence-corrected chi connectivity index (χ0v) is 18.5. The maximum atomic E-state index is 13.4. The molecule has 2 aromatic rings. The van der Waals surface area contributed by atoms with Crippen LogP contribution < -0.4 is 10.5 Å². The Morgan fingerprint density at radius 1 is 1.21 bits per heavy atom. The quantitative estimate of drug-likeness (QED) is 0.550. The summed E-state index contributed by atoms with van der Waals surface area (Å²) >= 11 is 6.64. The highest BCUT2D eigenvalue weighted by atomic mass is 32.2. The molecule has 0 bridgehead atoms. The third kappa shape index (κ3) is 3.59. The van der Waals surface area contributed by atoms with Gasteiger partial charge in [-0.2, -0.15) is 0 Å². The van der Waals surface area contributed by atoms with Crippen LogP contribution in [0.4, 0.5) is 5.82 Å². The van der Waals surface area contributed by atoms with E-state index in [-0.39, 0.29) is 17.5 Å². The molecule has 0 atom stereocenters. The Kier molecular flexibility index (Phi) is 5.48. The highest BCUT2D eigenvalue weighted by molar-refractivity contribution is 8.26. The van der Waals surface area contributed by atoms with E-state index < -0.39 is 0 Å². The number of thioether (sulfide) groups is 1. The summed E-state index contributed by atoms with van der Waals surface area (Å²) in [6.07, 6.45) is 6.75. The summed E-state index contributed by atoms with van der Waals surface area (Å²) in [6, 6.07) is 3.77. The van der Waals surface area contributed by atoms with Gasteiger partial charge >= 0.3 is 0 Å². The van der Waals surface area contributed by atoms with Crippen molar-refractivity contribution in [1.82, 2.24) is 14.3 Å². The molecule has 6 nitrogen and oxygen atoms in total. The molecular weight excluding hydrogens is 404 g/mol. The fraction of sp³-hybridized carbons (Fsp3) is 0.429. The number of aromatic nitrogens is 2. The molecule has 4 heterocycles. The molecule has 0 aliphatic carbocycles. The molecule has 2 saturated heterocycles. The van der Waals surface area contributed by atoms with Gasteiger partial charge in [0.1, 0.15) is 15.8 Å². The smallest absolute Gasteiger partial charge is 0.267 e. The van der Waals surface area contributed by atoms with Crippen LogP contribution in [-0.4, -0.2) is 43.6 Å². The van der Waals surface area contributed by atoms with Crippen molar-refractivity contribution in [3.05, 3.63) is 44.7 Å². The number of amides is 1. The Morgan fingerprint density at radius 3 is 2.59 bits per heavy atom. The second-order valence-electron chi connectivity index (χ2n) is 7.73. The average molecular weight is 429 g/mol. The second kappa shape index (κ2) is 7.91. The van der Waals surface area contributed by atoms with Crippen molar-refractivity contribution in [1.29, 1.82) is 0 Å². The van der Waals surface area contributed by atoms with E-state index >= 15 is 0 Å². The van der Waals surface area contributed by atoms with Crippen LogP contribution in [0.15, 0.2) is 28.0 Å². The lowest BCUT2D eigenvalue weighted by Crippen LogP contribution is -2.35. The van der Waals surface area contributed by atoms with Crippen molar-refractivity contribution < 1.29 is 4.79 Å². The van der Waals surface area contributed by atoms with E-state index in [4.69, 9.17) is 17.2 Å². The maximum absolute atomic E-state index is 13.4. The van der Waals surface area contributed by atoms with Gasteiger partial charge in [-0.05, 0) is 57.7 Å². The maximum Gasteiger partial charge on any atom is 0.267 e. The number of rotatable bonds is 3.